The lowest BCUT2D eigenvalue weighted by Crippen LogP contribution is -2.64. The second-order valence-electron chi connectivity index (χ2n) is 4.30. The molecule has 3 nitrogen and oxygen atoms in total. The van der Waals surface area contributed by atoms with Gasteiger partial charge < -0.3 is 0 Å². The average Bonchev–Trinajstić information content (AvgIpc) is 2.26. The van der Waals surface area contributed by atoms with Gasteiger partial charge in [0.05, 0.1) is 0 Å². The van der Waals surface area contributed by atoms with E-state index in [4.69, 9.17) is 4.55 Å². The molecule has 0 aromatic carbocycles. The van der Waals surface area contributed by atoms with Crippen LogP contribution in [0.15, 0.2) is 0 Å². The van der Waals surface area contributed by atoms with Crippen molar-refractivity contribution in [1.29, 1.82) is 0 Å². The largest absolute Gasteiger partial charge is 0.438 e. The molecule has 12 heteroatoms. The molecule has 0 aromatic heterocycles. The summed E-state index contributed by atoms with van der Waals surface area (Å²) in [6.07, 6.45) is -2.29. The molecule has 0 aliphatic carbocycles. The molecular weight excluding hydrogens is 340 g/mol. The van der Waals surface area contributed by atoms with Crippen LogP contribution in [0, 0.1) is 0 Å². The number of alkyl halides is 8. The second kappa shape index (κ2) is 5.86. The minimum atomic E-state index is -7.03. The second-order valence-corrected chi connectivity index (χ2v) is 5.77. The number of unbranched alkanes of at least 4 members (excludes halogenated alkanes) is 2. The van der Waals surface area contributed by atoms with Crippen molar-refractivity contribution in [2.75, 3.05) is 0 Å². The predicted octanol–water partition coefficient (Wildman–Crippen LogP) is 3.95. The highest BCUT2D eigenvalue weighted by Gasteiger charge is 2.83. The normalized spacial score (nSPS) is 15.3. The van der Waals surface area contributed by atoms with Crippen LogP contribution in [0.5, 0.6) is 0 Å². The molecule has 1 N–H and O–H groups in total. The predicted molar refractivity (Wildman–Crippen MR) is 55.5 cm³/mol. The molecule has 0 heterocycles. The van der Waals surface area contributed by atoms with Crippen LogP contribution >= 0.6 is 0 Å². The number of hydrogen-bond acceptors (Lipinski definition) is 2. The molecular formula is C9H12F8O3S. The molecule has 0 saturated heterocycles. The lowest BCUT2D eigenvalue weighted by molar-refractivity contribution is -0.349. The summed E-state index contributed by atoms with van der Waals surface area (Å²) in [7, 11) is -7.03. The SMILES string of the molecule is CCCCCC(F)(F)C(F)(F)C(F)(F)C(F)(F)S(=O)(=O)O. The fraction of sp³-hybridized carbons (Fsp3) is 1.00. The summed E-state index contributed by atoms with van der Waals surface area (Å²) >= 11 is 0. The maximum Gasteiger partial charge on any atom is 0.438 e. The van der Waals surface area contributed by atoms with Gasteiger partial charge in [-0.25, -0.2) is 0 Å². The first-order chi connectivity index (χ1) is 9.06. The first-order valence-electron chi connectivity index (χ1n) is 5.54. The molecule has 0 aliphatic heterocycles. The van der Waals surface area contributed by atoms with E-state index in [2.05, 4.69) is 0 Å². The monoisotopic (exact) mass is 352 g/mol. The summed E-state index contributed by atoms with van der Waals surface area (Å²) in [4.78, 5) is 0. The molecule has 0 aliphatic rings. The smallest absolute Gasteiger partial charge is 0.281 e. The summed E-state index contributed by atoms with van der Waals surface area (Å²) in [5, 5.41) is -6.77. The number of rotatable bonds is 8. The maximum atomic E-state index is 13.1. The molecule has 0 saturated carbocycles. The lowest BCUT2D eigenvalue weighted by Gasteiger charge is -2.35. The molecule has 0 fully saturated rings. The van der Waals surface area contributed by atoms with Crippen LogP contribution in [0.3, 0.4) is 0 Å². The fourth-order valence-corrected chi connectivity index (χ4v) is 1.78. The molecule has 0 rings (SSSR count). The van der Waals surface area contributed by atoms with Crippen molar-refractivity contribution in [3.8, 4) is 0 Å². The molecule has 0 aromatic rings. The lowest BCUT2D eigenvalue weighted by atomic mass is 9.99. The van der Waals surface area contributed by atoms with E-state index in [1.807, 2.05) is 0 Å². The summed E-state index contributed by atoms with van der Waals surface area (Å²) in [5.41, 5.74) is 0. The van der Waals surface area contributed by atoms with E-state index in [1.54, 1.807) is 0 Å². The van der Waals surface area contributed by atoms with Gasteiger partial charge in [0.15, 0.2) is 0 Å². The highest BCUT2D eigenvalue weighted by Crippen LogP contribution is 2.55. The number of hydrogen-bond donors (Lipinski definition) is 1. The van der Waals surface area contributed by atoms with Crippen molar-refractivity contribution in [2.45, 2.75) is 55.6 Å². The first-order valence-corrected chi connectivity index (χ1v) is 6.98. The van der Waals surface area contributed by atoms with Crippen molar-refractivity contribution in [2.24, 2.45) is 0 Å². The zero-order valence-corrected chi connectivity index (χ0v) is 11.3. The van der Waals surface area contributed by atoms with E-state index >= 15 is 0 Å². The van der Waals surface area contributed by atoms with Gasteiger partial charge in [-0.3, -0.25) is 4.55 Å². The topological polar surface area (TPSA) is 54.4 Å². The summed E-state index contributed by atoms with van der Waals surface area (Å²) in [5.74, 6) is -19.3. The van der Waals surface area contributed by atoms with Gasteiger partial charge in [-0.2, -0.15) is 43.5 Å². The molecule has 128 valence electrons. The van der Waals surface area contributed by atoms with Gasteiger partial charge in [0.25, 0.3) is 0 Å². The van der Waals surface area contributed by atoms with E-state index in [-0.39, 0.29) is 12.8 Å². The highest BCUT2D eigenvalue weighted by molar-refractivity contribution is 7.87. The third-order valence-corrected chi connectivity index (χ3v) is 3.54. The van der Waals surface area contributed by atoms with Gasteiger partial charge in [0.1, 0.15) is 0 Å². The van der Waals surface area contributed by atoms with E-state index in [1.165, 1.54) is 6.92 Å². The molecule has 0 atom stereocenters. The highest BCUT2D eigenvalue weighted by atomic mass is 32.2. The Balaban J connectivity index is 5.66. The summed E-state index contributed by atoms with van der Waals surface area (Å²) in [6.45, 7) is 1.48. The van der Waals surface area contributed by atoms with E-state index in [0.29, 0.717) is 0 Å². The Bertz CT molecular complexity index is 460. The molecule has 0 spiro atoms. The van der Waals surface area contributed by atoms with Crippen LogP contribution in [0.4, 0.5) is 35.1 Å². The Labute approximate surface area is 115 Å². The molecule has 0 radical (unpaired) electrons. The van der Waals surface area contributed by atoms with Crippen LogP contribution in [-0.2, 0) is 10.1 Å². The first kappa shape index (κ1) is 20.3. The molecule has 21 heavy (non-hydrogen) atoms. The fourth-order valence-electron chi connectivity index (χ4n) is 1.33. The minimum absolute atomic E-state index is 0.0497. The number of halogens is 8. The summed E-state index contributed by atoms with van der Waals surface area (Å²) < 4.78 is 132. The van der Waals surface area contributed by atoms with E-state index < -0.39 is 46.0 Å². The quantitative estimate of drug-likeness (QED) is 0.409. The Kier molecular flexibility index (Phi) is 5.68. The van der Waals surface area contributed by atoms with Crippen molar-refractivity contribution >= 4 is 10.1 Å². The Morgan fingerprint density at radius 3 is 1.62 bits per heavy atom. The maximum absolute atomic E-state index is 13.1. The van der Waals surface area contributed by atoms with Gasteiger partial charge >= 0.3 is 33.1 Å². The Morgan fingerprint density at radius 1 is 0.857 bits per heavy atom. The molecule has 0 amide bonds. The van der Waals surface area contributed by atoms with Crippen molar-refractivity contribution in [3.63, 3.8) is 0 Å². The molecule has 0 bridgehead atoms. The van der Waals surface area contributed by atoms with E-state index in [0.717, 1.165) is 0 Å². The molecule has 0 unspecified atom stereocenters. The van der Waals surface area contributed by atoms with Crippen LogP contribution < -0.4 is 0 Å². The zero-order valence-electron chi connectivity index (χ0n) is 10.5. The average molecular weight is 352 g/mol. The third-order valence-electron chi connectivity index (χ3n) is 2.64. The van der Waals surface area contributed by atoms with Gasteiger partial charge in [-0.1, -0.05) is 19.8 Å². The van der Waals surface area contributed by atoms with Crippen molar-refractivity contribution in [3.05, 3.63) is 0 Å². The van der Waals surface area contributed by atoms with Crippen LogP contribution in [0.2, 0.25) is 0 Å². The minimum Gasteiger partial charge on any atom is -0.281 e. The Hall–Kier alpha value is -0.650. The van der Waals surface area contributed by atoms with Crippen molar-refractivity contribution < 1.29 is 48.1 Å². The zero-order chi connectivity index (χ0) is 17.3. The Morgan fingerprint density at radius 2 is 1.29 bits per heavy atom. The van der Waals surface area contributed by atoms with Crippen LogP contribution in [-0.4, -0.2) is 36.0 Å². The third kappa shape index (κ3) is 3.41. The van der Waals surface area contributed by atoms with Crippen LogP contribution in [0.25, 0.3) is 0 Å². The van der Waals surface area contributed by atoms with Gasteiger partial charge in [0.2, 0.25) is 0 Å². The standard InChI is InChI=1S/C9H12F8O3S/c1-2-3-4-5-6(10,11)7(12,13)8(14,15)9(16,17)21(18,19)20/h2-5H2,1H3,(H,18,19,20). The van der Waals surface area contributed by atoms with Crippen LogP contribution in [0.1, 0.15) is 32.6 Å². The summed E-state index contributed by atoms with van der Waals surface area (Å²) in [6, 6.07) is 0. The van der Waals surface area contributed by atoms with E-state index in [9.17, 15) is 43.5 Å². The van der Waals surface area contributed by atoms with Crippen molar-refractivity contribution in [1.82, 2.24) is 0 Å². The van der Waals surface area contributed by atoms with Gasteiger partial charge in [-0.05, 0) is 6.42 Å². The van der Waals surface area contributed by atoms with Gasteiger partial charge in [-0.15, -0.1) is 0 Å². The van der Waals surface area contributed by atoms with Gasteiger partial charge in [0, 0.05) is 6.42 Å².